The maximum Gasteiger partial charge on any atom is 0.258 e. The molecule has 0 saturated carbocycles. The van der Waals surface area contributed by atoms with E-state index in [1.807, 2.05) is 85.8 Å². The van der Waals surface area contributed by atoms with Gasteiger partial charge in [-0.05, 0) is 48.9 Å². The minimum absolute atomic E-state index is 0.00525. The molecule has 5 heteroatoms. The molecule has 5 rings (SSSR count). The van der Waals surface area contributed by atoms with Crippen LogP contribution in [0.15, 0.2) is 72.8 Å². The van der Waals surface area contributed by atoms with Crippen LogP contribution in [0.25, 0.3) is 22.6 Å². The molecular formula is C25H20N4O. The lowest BCUT2D eigenvalue weighted by atomic mass is 10.0. The number of aryl methyl sites for hydroxylation is 1. The molecule has 0 atom stereocenters. The molecule has 0 unspecified atom stereocenters. The highest BCUT2D eigenvalue weighted by Gasteiger charge is 2.29. The zero-order valence-corrected chi connectivity index (χ0v) is 16.8. The van der Waals surface area contributed by atoms with Gasteiger partial charge in [0.1, 0.15) is 11.6 Å². The molecule has 2 heterocycles. The summed E-state index contributed by atoms with van der Waals surface area (Å²) in [6.45, 7) is 1.88. The Hall–Kier alpha value is -3.99. The molecule has 1 N–H and O–H groups in total. The van der Waals surface area contributed by atoms with Crippen LogP contribution in [0.2, 0.25) is 0 Å². The van der Waals surface area contributed by atoms with Crippen LogP contribution in [0.1, 0.15) is 17.0 Å². The fourth-order valence-electron chi connectivity index (χ4n) is 3.81. The summed E-state index contributed by atoms with van der Waals surface area (Å²) < 4.78 is 0. The lowest BCUT2D eigenvalue weighted by molar-refractivity contribution is -0.112. The number of hydrogen-bond donors (Lipinski definition) is 1. The van der Waals surface area contributed by atoms with Crippen molar-refractivity contribution >= 4 is 45.7 Å². The predicted molar refractivity (Wildman–Crippen MR) is 122 cm³/mol. The van der Waals surface area contributed by atoms with E-state index in [0.717, 1.165) is 39.2 Å². The fraction of sp³-hybridized carbons (Fsp3) is 0.0800. The molecule has 1 amide bonds. The van der Waals surface area contributed by atoms with Crippen molar-refractivity contribution < 1.29 is 4.79 Å². The monoisotopic (exact) mass is 392 g/mol. The van der Waals surface area contributed by atoms with E-state index in [9.17, 15) is 4.79 Å². The van der Waals surface area contributed by atoms with Crippen LogP contribution in [0.5, 0.6) is 0 Å². The second-order valence-electron chi connectivity index (χ2n) is 7.33. The Morgan fingerprint density at radius 3 is 2.53 bits per heavy atom. The van der Waals surface area contributed by atoms with Gasteiger partial charge < -0.3 is 10.2 Å². The van der Waals surface area contributed by atoms with Crippen LogP contribution in [-0.4, -0.2) is 22.9 Å². The van der Waals surface area contributed by atoms with Crippen LogP contribution in [0.3, 0.4) is 0 Å². The van der Waals surface area contributed by atoms with Crippen molar-refractivity contribution in [2.24, 2.45) is 0 Å². The Morgan fingerprint density at radius 1 is 0.933 bits per heavy atom. The average molecular weight is 392 g/mol. The molecule has 0 fully saturated rings. The largest absolute Gasteiger partial charge is 0.340 e. The van der Waals surface area contributed by atoms with Gasteiger partial charge in [-0.1, -0.05) is 42.5 Å². The molecular weight excluding hydrogens is 372 g/mol. The number of anilines is 3. The minimum atomic E-state index is -0.00525. The number of likely N-dealkylation sites (N-methyl/N-ethyl adjacent to an activating group) is 1. The highest BCUT2D eigenvalue weighted by Crippen LogP contribution is 2.39. The normalized spacial score (nSPS) is 14.4. The van der Waals surface area contributed by atoms with Gasteiger partial charge in [0.05, 0.1) is 11.2 Å². The van der Waals surface area contributed by atoms with Crippen LogP contribution < -0.4 is 10.2 Å². The van der Waals surface area contributed by atoms with Gasteiger partial charge in [0.25, 0.3) is 5.91 Å². The maximum atomic E-state index is 12.9. The third kappa shape index (κ3) is 3.10. The first kappa shape index (κ1) is 18.1. The molecule has 1 aromatic heterocycles. The second kappa shape index (κ2) is 7.12. The van der Waals surface area contributed by atoms with E-state index < -0.39 is 0 Å². The molecule has 0 spiro atoms. The van der Waals surface area contributed by atoms with E-state index in [4.69, 9.17) is 0 Å². The molecule has 0 aliphatic carbocycles. The zero-order chi connectivity index (χ0) is 20.7. The first-order valence-corrected chi connectivity index (χ1v) is 9.80. The van der Waals surface area contributed by atoms with Crippen LogP contribution in [0.4, 0.5) is 17.2 Å². The third-order valence-electron chi connectivity index (χ3n) is 5.27. The number of carbonyl (C=O) groups excluding carboxylic acids is 1. The molecule has 0 bridgehead atoms. The molecule has 1 aliphatic rings. The summed E-state index contributed by atoms with van der Waals surface area (Å²) in [7, 11) is 1.81. The number of aromatic nitrogens is 2. The average Bonchev–Trinajstić information content (AvgIpc) is 2.99. The topological polar surface area (TPSA) is 58.1 Å². The van der Waals surface area contributed by atoms with Gasteiger partial charge in [-0.15, -0.1) is 0 Å². The number of carbonyl (C=O) groups is 1. The van der Waals surface area contributed by atoms with E-state index >= 15 is 0 Å². The van der Waals surface area contributed by atoms with Gasteiger partial charge >= 0.3 is 0 Å². The van der Waals surface area contributed by atoms with Crippen molar-refractivity contribution in [3.05, 3.63) is 89.7 Å². The smallest absolute Gasteiger partial charge is 0.258 e. The minimum Gasteiger partial charge on any atom is -0.340 e. The Balaban J connectivity index is 1.58. The highest BCUT2D eigenvalue weighted by atomic mass is 16.2. The molecule has 0 saturated heterocycles. The van der Waals surface area contributed by atoms with Crippen molar-refractivity contribution in [2.45, 2.75) is 6.92 Å². The summed E-state index contributed by atoms with van der Waals surface area (Å²) >= 11 is 0. The van der Waals surface area contributed by atoms with Gasteiger partial charge in [0.15, 0.2) is 0 Å². The molecule has 5 nitrogen and oxygen atoms in total. The Labute approximate surface area is 174 Å². The first-order chi connectivity index (χ1) is 14.6. The van der Waals surface area contributed by atoms with Gasteiger partial charge in [0, 0.05) is 29.3 Å². The molecule has 146 valence electrons. The number of fused-ring (bicyclic) bond motifs is 2. The van der Waals surface area contributed by atoms with E-state index in [1.54, 1.807) is 11.9 Å². The van der Waals surface area contributed by atoms with Gasteiger partial charge in [0.2, 0.25) is 0 Å². The maximum absolute atomic E-state index is 12.9. The van der Waals surface area contributed by atoms with Crippen LogP contribution in [0, 0.1) is 6.92 Å². The standard InChI is InChI=1S/C25H20N4O/c1-16-26-22-11-7-6-10-19(22)24(27-16)28-18-12-13-23-20(15-18)21(25(30)29(23)2)14-17-8-4-3-5-9-17/h3-15H,1-2H3,(H,26,27,28)/b21-14-. The number of amides is 1. The van der Waals surface area contributed by atoms with Gasteiger partial charge in [-0.3, -0.25) is 4.79 Å². The zero-order valence-electron chi connectivity index (χ0n) is 16.8. The Bertz CT molecular complexity index is 1310. The predicted octanol–water partition coefficient (Wildman–Crippen LogP) is 5.20. The van der Waals surface area contributed by atoms with E-state index in [0.29, 0.717) is 11.4 Å². The fourth-order valence-corrected chi connectivity index (χ4v) is 3.81. The SMILES string of the molecule is Cc1nc(Nc2ccc3c(c2)/C(=C/c2ccccc2)C(=O)N3C)c2ccccc2n1. The summed E-state index contributed by atoms with van der Waals surface area (Å²) in [5.74, 6) is 1.45. The van der Waals surface area contributed by atoms with E-state index in [-0.39, 0.29) is 5.91 Å². The van der Waals surface area contributed by atoms with Gasteiger partial charge in [-0.2, -0.15) is 0 Å². The van der Waals surface area contributed by atoms with E-state index in [1.165, 1.54) is 0 Å². The second-order valence-corrected chi connectivity index (χ2v) is 7.33. The summed E-state index contributed by atoms with van der Waals surface area (Å²) in [6, 6.07) is 23.8. The number of hydrogen-bond acceptors (Lipinski definition) is 4. The first-order valence-electron chi connectivity index (χ1n) is 9.80. The summed E-state index contributed by atoms with van der Waals surface area (Å²) in [5, 5.41) is 4.38. The quantitative estimate of drug-likeness (QED) is 0.487. The lowest BCUT2D eigenvalue weighted by Crippen LogP contribution is -2.20. The molecule has 4 aromatic rings. The Morgan fingerprint density at radius 2 is 1.70 bits per heavy atom. The van der Waals surface area contributed by atoms with Crippen molar-refractivity contribution in [1.29, 1.82) is 0 Å². The molecule has 0 radical (unpaired) electrons. The van der Waals surface area contributed by atoms with Gasteiger partial charge in [-0.25, -0.2) is 9.97 Å². The Kier molecular flexibility index (Phi) is 4.29. The number of rotatable bonds is 3. The summed E-state index contributed by atoms with van der Waals surface area (Å²) in [5.41, 5.74) is 5.26. The van der Waals surface area contributed by atoms with Crippen molar-refractivity contribution in [3.8, 4) is 0 Å². The van der Waals surface area contributed by atoms with E-state index in [2.05, 4.69) is 15.3 Å². The molecule has 30 heavy (non-hydrogen) atoms. The number of nitrogens with zero attached hydrogens (tertiary/aromatic N) is 3. The highest BCUT2D eigenvalue weighted by molar-refractivity contribution is 6.35. The number of nitrogens with one attached hydrogen (secondary N) is 1. The van der Waals surface area contributed by atoms with Crippen LogP contribution in [-0.2, 0) is 4.79 Å². The lowest BCUT2D eigenvalue weighted by Gasteiger charge is -2.12. The van der Waals surface area contributed by atoms with Crippen molar-refractivity contribution in [2.75, 3.05) is 17.3 Å². The summed E-state index contributed by atoms with van der Waals surface area (Å²) in [4.78, 5) is 23.7. The van der Waals surface area contributed by atoms with Crippen molar-refractivity contribution in [1.82, 2.24) is 9.97 Å². The number of para-hydroxylation sites is 1. The van der Waals surface area contributed by atoms with Crippen molar-refractivity contribution in [3.63, 3.8) is 0 Å². The van der Waals surface area contributed by atoms with Crippen LogP contribution >= 0.6 is 0 Å². The summed E-state index contributed by atoms with van der Waals surface area (Å²) in [6.07, 6.45) is 1.94. The third-order valence-corrected chi connectivity index (χ3v) is 5.27. The molecule has 3 aromatic carbocycles. The number of benzene rings is 3. The molecule has 1 aliphatic heterocycles.